The second-order valence-corrected chi connectivity index (χ2v) is 7.57. The average Bonchev–Trinajstić information content (AvgIpc) is 2.95. The van der Waals surface area contributed by atoms with Crippen LogP contribution in [0.15, 0.2) is 16.3 Å². The lowest BCUT2D eigenvalue weighted by Crippen LogP contribution is -2.42. The van der Waals surface area contributed by atoms with Crippen LogP contribution in [-0.2, 0) is 14.8 Å². The quantitative estimate of drug-likeness (QED) is 0.894. The normalized spacial score (nSPS) is 15.8. The molecule has 8 heteroatoms. The van der Waals surface area contributed by atoms with E-state index in [1.807, 2.05) is 6.07 Å². The molecular weight excluding hydrogens is 298 g/mol. The van der Waals surface area contributed by atoms with Crippen molar-refractivity contribution < 1.29 is 13.2 Å². The van der Waals surface area contributed by atoms with Gasteiger partial charge in [0.2, 0.25) is 5.91 Å². The number of carbonyl (C=O) groups excluding carboxylic acids is 1. The molecule has 1 saturated heterocycles. The maximum absolute atomic E-state index is 12.0. The summed E-state index contributed by atoms with van der Waals surface area (Å²) in [6.45, 7) is 1.15. The van der Waals surface area contributed by atoms with Gasteiger partial charge < -0.3 is 4.90 Å². The van der Waals surface area contributed by atoms with Crippen LogP contribution < -0.4 is 4.72 Å². The Morgan fingerprint density at radius 3 is 2.65 bits per heavy atom. The van der Waals surface area contributed by atoms with E-state index in [1.54, 1.807) is 4.90 Å². The second-order valence-electron chi connectivity index (χ2n) is 4.50. The van der Waals surface area contributed by atoms with Crippen LogP contribution in [0.1, 0.15) is 24.1 Å². The first kappa shape index (κ1) is 15.0. The summed E-state index contributed by atoms with van der Waals surface area (Å²) in [7, 11) is -3.71. The Balaban J connectivity index is 1.95. The predicted octanol–water partition coefficient (Wildman–Crippen LogP) is 0.911. The third-order valence-corrected chi connectivity index (χ3v) is 5.96. The molecule has 0 radical (unpaired) electrons. The molecule has 0 spiro atoms. The number of hydrogen-bond donors (Lipinski definition) is 1. The molecule has 2 rings (SSSR count). The Morgan fingerprint density at radius 2 is 2.05 bits per heavy atom. The summed E-state index contributed by atoms with van der Waals surface area (Å²) in [6, 6.07) is 4.71. The zero-order valence-electron chi connectivity index (χ0n) is 10.8. The number of nitriles is 1. The Labute approximate surface area is 122 Å². The van der Waals surface area contributed by atoms with Crippen LogP contribution in [0, 0.1) is 11.3 Å². The molecule has 1 fully saturated rings. The minimum absolute atomic E-state index is 0.0560. The van der Waals surface area contributed by atoms with Crippen molar-refractivity contribution in [2.45, 2.75) is 23.5 Å². The molecule has 108 valence electrons. The van der Waals surface area contributed by atoms with Gasteiger partial charge in [-0.2, -0.15) is 5.26 Å². The van der Waals surface area contributed by atoms with Crippen molar-refractivity contribution in [3.63, 3.8) is 0 Å². The number of amides is 1. The molecule has 0 aromatic carbocycles. The zero-order chi connectivity index (χ0) is 14.6. The Kier molecular flexibility index (Phi) is 4.75. The van der Waals surface area contributed by atoms with Gasteiger partial charge in [-0.25, -0.2) is 13.1 Å². The number of nitrogens with one attached hydrogen (secondary N) is 1. The molecule has 1 amide bonds. The molecule has 1 aromatic rings. The number of likely N-dealkylation sites (tertiary alicyclic amines) is 1. The number of hydrogen-bond acceptors (Lipinski definition) is 5. The van der Waals surface area contributed by atoms with Crippen molar-refractivity contribution in [2.24, 2.45) is 0 Å². The molecule has 20 heavy (non-hydrogen) atoms. The second kappa shape index (κ2) is 6.35. The molecule has 1 N–H and O–H groups in total. The van der Waals surface area contributed by atoms with Crippen LogP contribution in [0.25, 0.3) is 0 Å². The first-order valence-corrected chi connectivity index (χ1v) is 8.60. The molecule has 0 bridgehead atoms. The van der Waals surface area contributed by atoms with Crippen molar-refractivity contribution in [2.75, 3.05) is 19.6 Å². The van der Waals surface area contributed by atoms with Crippen LogP contribution >= 0.6 is 11.3 Å². The van der Waals surface area contributed by atoms with Gasteiger partial charge in [-0.1, -0.05) is 0 Å². The van der Waals surface area contributed by atoms with E-state index in [9.17, 15) is 13.2 Å². The fourth-order valence-electron chi connectivity index (χ4n) is 2.01. The van der Waals surface area contributed by atoms with E-state index in [0.29, 0.717) is 18.0 Å². The summed E-state index contributed by atoms with van der Waals surface area (Å²) in [5.74, 6) is -0.203. The van der Waals surface area contributed by atoms with Crippen molar-refractivity contribution >= 4 is 27.3 Å². The predicted molar refractivity (Wildman–Crippen MR) is 74.7 cm³/mol. The topological polar surface area (TPSA) is 90.3 Å². The summed E-state index contributed by atoms with van der Waals surface area (Å²) < 4.78 is 26.3. The van der Waals surface area contributed by atoms with E-state index in [-0.39, 0.29) is 16.7 Å². The molecule has 1 aliphatic rings. The smallest absolute Gasteiger partial charge is 0.250 e. The monoisotopic (exact) mass is 313 g/mol. The highest BCUT2D eigenvalue weighted by atomic mass is 32.2. The summed E-state index contributed by atoms with van der Waals surface area (Å²) in [5, 5.41) is 8.69. The van der Waals surface area contributed by atoms with Gasteiger partial charge in [0.15, 0.2) is 0 Å². The lowest BCUT2D eigenvalue weighted by molar-refractivity contribution is -0.130. The summed E-state index contributed by atoms with van der Waals surface area (Å²) in [5.41, 5.74) is 0. The Bertz CT molecular complexity index is 625. The number of sulfonamides is 1. The zero-order valence-corrected chi connectivity index (χ0v) is 12.5. The fourth-order valence-corrected chi connectivity index (χ4v) is 4.13. The maximum Gasteiger partial charge on any atom is 0.250 e. The van der Waals surface area contributed by atoms with E-state index in [4.69, 9.17) is 5.26 Å². The minimum atomic E-state index is -3.71. The van der Waals surface area contributed by atoms with E-state index >= 15 is 0 Å². The third-order valence-electron chi connectivity index (χ3n) is 3.08. The Hall–Kier alpha value is -1.43. The molecular formula is C12H15N3O3S2. The lowest BCUT2D eigenvalue weighted by Gasteiger charge is -2.26. The minimum Gasteiger partial charge on any atom is -0.342 e. The van der Waals surface area contributed by atoms with Gasteiger partial charge in [-0.05, 0) is 31.4 Å². The first-order chi connectivity index (χ1) is 9.53. The average molecular weight is 313 g/mol. The summed E-state index contributed by atoms with van der Waals surface area (Å²) in [6.07, 6.45) is 3.05. The number of thiophene rings is 1. The third kappa shape index (κ3) is 3.56. The molecule has 0 atom stereocenters. The number of nitrogens with zero attached hydrogens (tertiary/aromatic N) is 2. The first-order valence-electron chi connectivity index (χ1n) is 6.30. The van der Waals surface area contributed by atoms with Crippen molar-refractivity contribution in [1.82, 2.24) is 9.62 Å². The molecule has 0 saturated carbocycles. The van der Waals surface area contributed by atoms with E-state index in [1.165, 1.54) is 12.1 Å². The van der Waals surface area contributed by atoms with Gasteiger partial charge in [0.05, 0.1) is 6.54 Å². The lowest BCUT2D eigenvalue weighted by atomic mass is 10.1. The standard InChI is InChI=1S/C12H15N3O3S2/c13-8-10-4-5-12(19-10)20(17,18)14-9-11(16)15-6-2-1-3-7-15/h4-5,14H,1-3,6-7,9H2. The molecule has 1 aromatic heterocycles. The van der Waals surface area contributed by atoms with Gasteiger partial charge in [-0.3, -0.25) is 4.79 Å². The highest BCUT2D eigenvalue weighted by molar-refractivity contribution is 7.91. The van der Waals surface area contributed by atoms with Gasteiger partial charge in [0, 0.05) is 13.1 Å². The maximum atomic E-state index is 12.0. The van der Waals surface area contributed by atoms with Gasteiger partial charge >= 0.3 is 0 Å². The molecule has 0 unspecified atom stereocenters. The van der Waals surface area contributed by atoms with Gasteiger partial charge in [0.25, 0.3) is 10.0 Å². The highest BCUT2D eigenvalue weighted by Gasteiger charge is 2.21. The summed E-state index contributed by atoms with van der Waals surface area (Å²) in [4.78, 5) is 13.9. The van der Waals surface area contributed by atoms with Crippen molar-refractivity contribution in [3.8, 4) is 6.07 Å². The number of piperidine rings is 1. The largest absolute Gasteiger partial charge is 0.342 e. The van der Waals surface area contributed by atoms with Crippen molar-refractivity contribution in [1.29, 1.82) is 5.26 Å². The van der Waals surface area contributed by atoms with Crippen LogP contribution in [0.4, 0.5) is 0 Å². The SMILES string of the molecule is N#Cc1ccc(S(=O)(=O)NCC(=O)N2CCCCC2)s1. The molecule has 2 heterocycles. The van der Waals surface area contributed by atoms with Gasteiger partial charge in [-0.15, -0.1) is 11.3 Å². The van der Waals surface area contributed by atoms with E-state index in [0.717, 1.165) is 30.6 Å². The van der Waals surface area contributed by atoms with E-state index in [2.05, 4.69) is 4.72 Å². The number of rotatable bonds is 4. The molecule has 1 aliphatic heterocycles. The molecule has 0 aliphatic carbocycles. The van der Waals surface area contributed by atoms with Crippen molar-refractivity contribution in [3.05, 3.63) is 17.0 Å². The molecule has 6 nitrogen and oxygen atoms in total. The van der Waals surface area contributed by atoms with Crippen LogP contribution in [-0.4, -0.2) is 38.9 Å². The highest BCUT2D eigenvalue weighted by Crippen LogP contribution is 2.20. The van der Waals surface area contributed by atoms with E-state index < -0.39 is 10.0 Å². The Morgan fingerprint density at radius 1 is 1.35 bits per heavy atom. The van der Waals surface area contributed by atoms with Gasteiger partial charge in [0.1, 0.15) is 15.2 Å². The van der Waals surface area contributed by atoms with Crippen LogP contribution in [0.3, 0.4) is 0 Å². The van der Waals surface area contributed by atoms with Crippen LogP contribution in [0.2, 0.25) is 0 Å². The summed E-state index contributed by atoms with van der Waals surface area (Å²) >= 11 is 0.891. The fraction of sp³-hybridized carbons (Fsp3) is 0.500. The van der Waals surface area contributed by atoms with Crippen LogP contribution in [0.5, 0.6) is 0 Å². The number of carbonyl (C=O) groups is 1.